The Morgan fingerprint density at radius 1 is 1.13 bits per heavy atom. The quantitative estimate of drug-likeness (QED) is 0.573. The van der Waals surface area contributed by atoms with Gasteiger partial charge in [-0.05, 0) is 11.6 Å². The van der Waals surface area contributed by atoms with E-state index in [0.29, 0.717) is 0 Å². The van der Waals surface area contributed by atoms with Crippen molar-refractivity contribution < 1.29 is 0 Å². The van der Waals surface area contributed by atoms with Crippen molar-refractivity contribution in [2.24, 2.45) is 5.84 Å². The molecule has 0 amide bonds. The SMILES string of the molecule is NNC(c1ccccc1)c1ccncn1. The summed E-state index contributed by atoms with van der Waals surface area (Å²) in [5.41, 5.74) is 4.69. The number of benzene rings is 1. The molecule has 0 saturated heterocycles. The first-order chi connectivity index (χ1) is 7.42. The van der Waals surface area contributed by atoms with E-state index in [0.717, 1.165) is 11.3 Å². The Bertz CT molecular complexity index is 362. The van der Waals surface area contributed by atoms with Crippen molar-refractivity contribution in [3.63, 3.8) is 0 Å². The number of nitrogens with one attached hydrogen (secondary N) is 1. The summed E-state index contributed by atoms with van der Waals surface area (Å²) in [5, 5.41) is 0. The van der Waals surface area contributed by atoms with Gasteiger partial charge < -0.3 is 0 Å². The van der Waals surface area contributed by atoms with Crippen molar-refractivity contribution in [1.29, 1.82) is 0 Å². The molecule has 1 heterocycles. The molecule has 2 rings (SSSR count). The van der Waals surface area contributed by atoms with Crippen LogP contribution in [0.5, 0.6) is 0 Å². The number of aromatic nitrogens is 2. The second-order valence-corrected chi connectivity index (χ2v) is 3.14. The van der Waals surface area contributed by atoms with Crippen LogP contribution >= 0.6 is 0 Å². The molecule has 4 heteroatoms. The molecule has 1 unspecified atom stereocenters. The average molecular weight is 200 g/mol. The van der Waals surface area contributed by atoms with Crippen LogP contribution in [0.2, 0.25) is 0 Å². The molecule has 0 aliphatic carbocycles. The summed E-state index contributed by atoms with van der Waals surface area (Å²) in [5.74, 6) is 5.53. The van der Waals surface area contributed by atoms with Gasteiger partial charge in [-0.25, -0.2) is 15.4 Å². The minimum absolute atomic E-state index is 0.0887. The minimum atomic E-state index is -0.0887. The van der Waals surface area contributed by atoms with Gasteiger partial charge in [0, 0.05) is 6.20 Å². The van der Waals surface area contributed by atoms with Gasteiger partial charge in [0.1, 0.15) is 6.33 Å². The molecule has 0 radical (unpaired) electrons. The number of hydrazine groups is 1. The monoisotopic (exact) mass is 200 g/mol. The number of hydrogen-bond acceptors (Lipinski definition) is 4. The van der Waals surface area contributed by atoms with Crippen LogP contribution in [0, 0.1) is 0 Å². The molecule has 1 aromatic carbocycles. The Morgan fingerprint density at radius 2 is 1.93 bits per heavy atom. The average Bonchev–Trinajstić information content (AvgIpc) is 2.33. The smallest absolute Gasteiger partial charge is 0.115 e. The van der Waals surface area contributed by atoms with Crippen LogP contribution in [0.15, 0.2) is 48.9 Å². The highest BCUT2D eigenvalue weighted by atomic mass is 15.2. The van der Waals surface area contributed by atoms with Crippen molar-refractivity contribution in [2.75, 3.05) is 0 Å². The Labute approximate surface area is 88.2 Å². The summed E-state index contributed by atoms with van der Waals surface area (Å²) in [6.45, 7) is 0. The van der Waals surface area contributed by atoms with E-state index < -0.39 is 0 Å². The van der Waals surface area contributed by atoms with Crippen LogP contribution in [-0.2, 0) is 0 Å². The van der Waals surface area contributed by atoms with Crippen molar-refractivity contribution >= 4 is 0 Å². The molecule has 1 atom stereocenters. The molecule has 0 saturated carbocycles. The summed E-state index contributed by atoms with van der Waals surface area (Å²) >= 11 is 0. The lowest BCUT2D eigenvalue weighted by atomic mass is 10.0. The fraction of sp³-hybridized carbons (Fsp3) is 0.0909. The van der Waals surface area contributed by atoms with E-state index in [2.05, 4.69) is 15.4 Å². The maximum Gasteiger partial charge on any atom is 0.115 e. The molecule has 0 bridgehead atoms. The molecule has 0 aliphatic rings. The minimum Gasteiger partial charge on any atom is -0.271 e. The van der Waals surface area contributed by atoms with Crippen molar-refractivity contribution in [3.8, 4) is 0 Å². The highest BCUT2D eigenvalue weighted by Crippen LogP contribution is 2.17. The van der Waals surface area contributed by atoms with Crippen LogP contribution in [-0.4, -0.2) is 9.97 Å². The molecule has 0 spiro atoms. The zero-order chi connectivity index (χ0) is 10.5. The second-order valence-electron chi connectivity index (χ2n) is 3.14. The van der Waals surface area contributed by atoms with E-state index in [1.165, 1.54) is 6.33 Å². The van der Waals surface area contributed by atoms with Crippen LogP contribution in [0.4, 0.5) is 0 Å². The van der Waals surface area contributed by atoms with Gasteiger partial charge >= 0.3 is 0 Å². The first-order valence-corrected chi connectivity index (χ1v) is 4.69. The van der Waals surface area contributed by atoms with Crippen molar-refractivity contribution in [1.82, 2.24) is 15.4 Å². The molecule has 76 valence electrons. The van der Waals surface area contributed by atoms with Crippen molar-refractivity contribution in [2.45, 2.75) is 6.04 Å². The zero-order valence-electron chi connectivity index (χ0n) is 8.17. The normalized spacial score (nSPS) is 12.3. The number of rotatable bonds is 3. The molecule has 0 aliphatic heterocycles. The van der Waals surface area contributed by atoms with Crippen LogP contribution < -0.4 is 11.3 Å². The highest BCUT2D eigenvalue weighted by Gasteiger charge is 2.12. The first kappa shape index (κ1) is 9.76. The topological polar surface area (TPSA) is 63.8 Å². The summed E-state index contributed by atoms with van der Waals surface area (Å²) in [7, 11) is 0. The van der Waals surface area contributed by atoms with Crippen LogP contribution in [0.1, 0.15) is 17.3 Å². The van der Waals surface area contributed by atoms with Gasteiger partial charge in [-0.15, -0.1) is 0 Å². The summed E-state index contributed by atoms with van der Waals surface area (Å²) in [4.78, 5) is 8.05. The largest absolute Gasteiger partial charge is 0.271 e. The number of nitrogens with zero attached hydrogens (tertiary/aromatic N) is 2. The maximum atomic E-state index is 5.53. The molecule has 4 nitrogen and oxygen atoms in total. The standard InChI is InChI=1S/C11H12N4/c12-15-11(9-4-2-1-3-5-9)10-6-7-13-8-14-10/h1-8,11,15H,12H2. The van der Waals surface area contributed by atoms with E-state index in [4.69, 9.17) is 5.84 Å². The van der Waals surface area contributed by atoms with Gasteiger partial charge in [0.15, 0.2) is 0 Å². The molecular weight excluding hydrogens is 188 g/mol. The third-order valence-corrected chi connectivity index (χ3v) is 2.20. The van der Waals surface area contributed by atoms with Gasteiger partial charge in [-0.3, -0.25) is 5.84 Å². The molecule has 15 heavy (non-hydrogen) atoms. The third kappa shape index (κ3) is 2.18. The number of hydrogen-bond donors (Lipinski definition) is 2. The third-order valence-electron chi connectivity index (χ3n) is 2.20. The van der Waals surface area contributed by atoms with E-state index in [-0.39, 0.29) is 6.04 Å². The molecule has 1 aromatic heterocycles. The van der Waals surface area contributed by atoms with Crippen molar-refractivity contribution in [3.05, 3.63) is 60.2 Å². The van der Waals surface area contributed by atoms with E-state index >= 15 is 0 Å². The van der Waals surface area contributed by atoms with Gasteiger partial charge in [0.05, 0.1) is 11.7 Å². The molecule has 2 aromatic rings. The molecule has 0 fully saturated rings. The van der Waals surface area contributed by atoms with E-state index in [1.54, 1.807) is 6.20 Å². The van der Waals surface area contributed by atoms with Crippen LogP contribution in [0.25, 0.3) is 0 Å². The second kappa shape index (κ2) is 4.63. The highest BCUT2D eigenvalue weighted by molar-refractivity contribution is 5.26. The summed E-state index contributed by atoms with van der Waals surface area (Å²) < 4.78 is 0. The maximum absolute atomic E-state index is 5.53. The Balaban J connectivity index is 2.34. The first-order valence-electron chi connectivity index (χ1n) is 4.69. The van der Waals surface area contributed by atoms with E-state index in [9.17, 15) is 0 Å². The summed E-state index contributed by atoms with van der Waals surface area (Å²) in [6.07, 6.45) is 3.22. The number of nitrogens with two attached hydrogens (primary N) is 1. The fourth-order valence-corrected chi connectivity index (χ4v) is 1.47. The Kier molecular flexibility index (Phi) is 3.02. The zero-order valence-corrected chi connectivity index (χ0v) is 8.17. The van der Waals surface area contributed by atoms with Gasteiger partial charge in [0.2, 0.25) is 0 Å². The van der Waals surface area contributed by atoms with Gasteiger partial charge in [-0.1, -0.05) is 30.3 Å². The van der Waals surface area contributed by atoms with E-state index in [1.807, 2.05) is 36.4 Å². The Hall–Kier alpha value is -1.78. The van der Waals surface area contributed by atoms with Gasteiger partial charge in [-0.2, -0.15) is 0 Å². The lowest BCUT2D eigenvalue weighted by molar-refractivity contribution is 0.619. The summed E-state index contributed by atoms with van der Waals surface area (Å²) in [6, 6.07) is 11.7. The predicted molar refractivity (Wildman–Crippen MR) is 57.6 cm³/mol. The lowest BCUT2D eigenvalue weighted by Gasteiger charge is -2.14. The molecular formula is C11H12N4. The lowest BCUT2D eigenvalue weighted by Crippen LogP contribution is -2.29. The van der Waals surface area contributed by atoms with Crippen LogP contribution in [0.3, 0.4) is 0 Å². The predicted octanol–water partition coefficient (Wildman–Crippen LogP) is 1.03. The Morgan fingerprint density at radius 3 is 2.53 bits per heavy atom. The molecule has 3 N–H and O–H groups in total. The fourth-order valence-electron chi connectivity index (χ4n) is 1.47. The van der Waals surface area contributed by atoms with Gasteiger partial charge in [0.25, 0.3) is 0 Å².